The summed E-state index contributed by atoms with van der Waals surface area (Å²) in [6.45, 7) is 1.08. The van der Waals surface area contributed by atoms with E-state index in [1.54, 1.807) is 17.7 Å². The number of anilines is 1. The maximum absolute atomic E-state index is 4.55. The van der Waals surface area contributed by atoms with Crippen molar-refractivity contribution in [2.75, 3.05) is 16.8 Å². The summed E-state index contributed by atoms with van der Waals surface area (Å²) >= 11 is 5.27. The van der Waals surface area contributed by atoms with E-state index in [-0.39, 0.29) is 0 Å². The summed E-state index contributed by atoms with van der Waals surface area (Å²) < 4.78 is 1.24. The first kappa shape index (κ1) is 12.4. The van der Waals surface area contributed by atoms with Gasteiger partial charge in [0.1, 0.15) is 12.1 Å². The summed E-state index contributed by atoms with van der Waals surface area (Å²) in [6, 6.07) is 2.76. The van der Waals surface area contributed by atoms with Crippen molar-refractivity contribution in [3.8, 4) is 0 Å². The van der Waals surface area contributed by atoms with Crippen molar-refractivity contribution in [3.05, 3.63) is 17.8 Å². The predicted octanol–water partition coefficient (Wildman–Crippen LogP) is 3.84. The first-order valence-corrected chi connectivity index (χ1v) is 8.41. The fraction of sp³-hybridized carbons (Fsp3) is 0.538. The summed E-state index contributed by atoms with van der Waals surface area (Å²) in [4.78, 5) is 11.4. The molecule has 0 radical (unpaired) electrons. The summed E-state index contributed by atoms with van der Waals surface area (Å²) in [5.41, 5.74) is 1.08. The number of aromatic nitrogens is 2. The van der Waals surface area contributed by atoms with E-state index in [0.717, 1.165) is 29.6 Å². The Morgan fingerprint density at radius 3 is 3.00 bits per heavy atom. The molecule has 0 aliphatic heterocycles. The average Bonchev–Trinajstić information content (AvgIpc) is 2.80. The SMILES string of the molecule is BrCCCN(c1ncnc2ccsc12)C1CCC1. The largest absolute Gasteiger partial charge is 0.352 e. The molecule has 0 unspecified atom stereocenters. The van der Waals surface area contributed by atoms with E-state index in [1.165, 1.54) is 24.0 Å². The van der Waals surface area contributed by atoms with Gasteiger partial charge in [-0.1, -0.05) is 15.9 Å². The molecule has 0 spiro atoms. The van der Waals surface area contributed by atoms with Gasteiger partial charge in [0.05, 0.1) is 10.2 Å². The molecule has 0 saturated heterocycles. The molecule has 2 heterocycles. The summed E-state index contributed by atoms with van der Waals surface area (Å²) in [5, 5.41) is 3.15. The van der Waals surface area contributed by atoms with Gasteiger partial charge in [0.15, 0.2) is 0 Å². The molecule has 1 fully saturated rings. The van der Waals surface area contributed by atoms with Crippen LogP contribution in [0.25, 0.3) is 10.2 Å². The lowest BCUT2D eigenvalue weighted by molar-refractivity contribution is 0.385. The fourth-order valence-corrected chi connectivity index (χ4v) is 3.47. The second-order valence-corrected chi connectivity index (χ2v) is 6.36. The van der Waals surface area contributed by atoms with Gasteiger partial charge >= 0.3 is 0 Å². The quantitative estimate of drug-likeness (QED) is 0.782. The number of hydrogen-bond acceptors (Lipinski definition) is 4. The van der Waals surface area contributed by atoms with Gasteiger partial charge in [0.25, 0.3) is 0 Å². The Balaban J connectivity index is 1.94. The van der Waals surface area contributed by atoms with E-state index < -0.39 is 0 Å². The Morgan fingerprint density at radius 1 is 1.39 bits per heavy atom. The normalized spacial score (nSPS) is 15.8. The van der Waals surface area contributed by atoms with Gasteiger partial charge in [-0.3, -0.25) is 0 Å². The molecule has 0 aromatic carbocycles. The zero-order valence-electron chi connectivity index (χ0n) is 10.2. The van der Waals surface area contributed by atoms with Gasteiger partial charge in [-0.25, -0.2) is 9.97 Å². The van der Waals surface area contributed by atoms with Crippen molar-refractivity contribution < 1.29 is 0 Å². The molecule has 1 aliphatic rings. The lowest BCUT2D eigenvalue weighted by Crippen LogP contribution is -2.41. The minimum Gasteiger partial charge on any atom is -0.352 e. The zero-order chi connectivity index (χ0) is 12.4. The maximum Gasteiger partial charge on any atom is 0.150 e. The number of hydrogen-bond donors (Lipinski definition) is 0. The van der Waals surface area contributed by atoms with Gasteiger partial charge in [-0.2, -0.15) is 0 Å². The van der Waals surface area contributed by atoms with Crippen LogP contribution in [0, 0.1) is 0 Å². The van der Waals surface area contributed by atoms with Crippen LogP contribution in [0.15, 0.2) is 17.8 Å². The highest BCUT2D eigenvalue weighted by Gasteiger charge is 2.27. The van der Waals surface area contributed by atoms with E-state index in [2.05, 4.69) is 42.2 Å². The summed E-state index contributed by atoms with van der Waals surface area (Å²) in [6.07, 6.45) is 6.82. The highest BCUT2D eigenvalue weighted by atomic mass is 79.9. The zero-order valence-corrected chi connectivity index (χ0v) is 12.6. The number of fused-ring (bicyclic) bond motifs is 1. The first-order chi connectivity index (χ1) is 8.90. The number of thiophene rings is 1. The van der Waals surface area contributed by atoms with Gasteiger partial charge in [-0.05, 0) is 37.1 Å². The third-order valence-electron chi connectivity index (χ3n) is 3.54. The molecule has 18 heavy (non-hydrogen) atoms. The van der Waals surface area contributed by atoms with Crippen molar-refractivity contribution in [2.45, 2.75) is 31.7 Å². The molecule has 3 rings (SSSR count). The summed E-state index contributed by atoms with van der Waals surface area (Å²) in [7, 11) is 0. The minimum atomic E-state index is 0.684. The van der Waals surface area contributed by atoms with Crippen molar-refractivity contribution >= 4 is 43.3 Å². The van der Waals surface area contributed by atoms with Gasteiger partial charge in [0, 0.05) is 17.9 Å². The van der Waals surface area contributed by atoms with Crippen molar-refractivity contribution in [2.24, 2.45) is 0 Å². The molecule has 0 bridgehead atoms. The van der Waals surface area contributed by atoms with Crippen LogP contribution in [0.1, 0.15) is 25.7 Å². The predicted molar refractivity (Wildman–Crippen MR) is 80.8 cm³/mol. The standard InChI is InChI=1S/C13H16BrN3S/c14-6-2-7-17(10-3-1-4-10)13-12-11(5-8-18-12)15-9-16-13/h5,8-10H,1-4,6-7H2. The van der Waals surface area contributed by atoms with Crippen LogP contribution in [0.2, 0.25) is 0 Å². The van der Waals surface area contributed by atoms with E-state index >= 15 is 0 Å². The van der Waals surface area contributed by atoms with E-state index in [1.807, 2.05) is 0 Å². The topological polar surface area (TPSA) is 29.0 Å². The lowest BCUT2D eigenvalue weighted by Gasteiger charge is -2.38. The second kappa shape index (κ2) is 5.53. The summed E-state index contributed by atoms with van der Waals surface area (Å²) in [5.74, 6) is 1.14. The van der Waals surface area contributed by atoms with Crippen LogP contribution in [-0.4, -0.2) is 27.9 Å². The Labute approximate surface area is 119 Å². The van der Waals surface area contributed by atoms with Gasteiger partial charge < -0.3 is 4.90 Å². The minimum absolute atomic E-state index is 0.684. The third-order valence-corrected chi connectivity index (χ3v) is 5.00. The van der Waals surface area contributed by atoms with Crippen LogP contribution < -0.4 is 4.90 Å². The molecule has 0 atom stereocenters. The Kier molecular flexibility index (Phi) is 3.80. The molecular formula is C13H16BrN3S. The van der Waals surface area contributed by atoms with Crippen LogP contribution in [-0.2, 0) is 0 Å². The number of halogens is 1. The number of alkyl halides is 1. The Bertz CT molecular complexity index is 524. The molecule has 0 N–H and O–H groups in total. The molecule has 2 aromatic rings. The molecule has 96 valence electrons. The van der Waals surface area contributed by atoms with Crippen LogP contribution in [0.4, 0.5) is 5.82 Å². The smallest absolute Gasteiger partial charge is 0.150 e. The van der Waals surface area contributed by atoms with Crippen molar-refractivity contribution in [1.29, 1.82) is 0 Å². The number of nitrogens with zero attached hydrogens (tertiary/aromatic N) is 3. The monoisotopic (exact) mass is 325 g/mol. The highest BCUT2D eigenvalue weighted by Crippen LogP contribution is 2.34. The number of rotatable bonds is 5. The molecule has 0 amide bonds. The van der Waals surface area contributed by atoms with Crippen LogP contribution in [0.5, 0.6) is 0 Å². The van der Waals surface area contributed by atoms with Gasteiger partial charge in [-0.15, -0.1) is 11.3 Å². The highest BCUT2D eigenvalue weighted by molar-refractivity contribution is 9.09. The molecule has 2 aromatic heterocycles. The fourth-order valence-electron chi connectivity index (χ4n) is 2.37. The molecule has 1 saturated carbocycles. The maximum atomic E-state index is 4.55. The Hall–Kier alpha value is -0.680. The molecule has 3 nitrogen and oxygen atoms in total. The average molecular weight is 326 g/mol. The third kappa shape index (κ3) is 2.26. The van der Waals surface area contributed by atoms with E-state index in [9.17, 15) is 0 Å². The first-order valence-electron chi connectivity index (χ1n) is 6.41. The second-order valence-electron chi connectivity index (χ2n) is 4.65. The Morgan fingerprint density at radius 2 is 2.28 bits per heavy atom. The molecular weight excluding hydrogens is 310 g/mol. The van der Waals surface area contributed by atoms with Gasteiger partial charge in [0.2, 0.25) is 0 Å². The molecule has 1 aliphatic carbocycles. The van der Waals surface area contributed by atoms with E-state index in [4.69, 9.17) is 0 Å². The lowest BCUT2D eigenvalue weighted by atomic mass is 9.91. The van der Waals surface area contributed by atoms with Crippen molar-refractivity contribution in [3.63, 3.8) is 0 Å². The van der Waals surface area contributed by atoms with Crippen molar-refractivity contribution in [1.82, 2.24) is 9.97 Å². The molecule has 5 heteroatoms. The van der Waals surface area contributed by atoms with Crippen LogP contribution >= 0.6 is 27.3 Å². The van der Waals surface area contributed by atoms with E-state index in [0.29, 0.717) is 6.04 Å². The van der Waals surface area contributed by atoms with Crippen LogP contribution in [0.3, 0.4) is 0 Å².